The van der Waals surface area contributed by atoms with Gasteiger partial charge < -0.3 is 15.6 Å². The van der Waals surface area contributed by atoms with E-state index in [4.69, 9.17) is 0 Å². The molecule has 152 valence electrons. The molecule has 28 heavy (non-hydrogen) atoms. The number of nitrogens with one attached hydrogen (secondary N) is 5. The molecule has 5 N–H and O–H groups in total. The number of hydrogen-bond acceptors (Lipinski definition) is 3. The number of amides is 4. The van der Waals surface area contributed by atoms with Gasteiger partial charge in [-0.3, -0.25) is 20.4 Å². The van der Waals surface area contributed by atoms with Crippen molar-refractivity contribution in [2.45, 2.75) is 50.5 Å². The molecule has 0 radical (unpaired) electrons. The lowest BCUT2D eigenvalue weighted by atomic mass is 9.53. The van der Waals surface area contributed by atoms with Crippen LogP contribution >= 0.6 is 15.9 Å². The number of halogens is 1. The topological polar surface area (TPSA) is 115 Å². The summed E-state index contributed by atoms with van der Waals surface area (Å²) in [7, 11) is 0. The minimum atomic E-state index is -0.438. The number of aromatic nitrogens is 1. The number of carbonyl (C=O) groups excluding carboxylic acids is 3. The van der Waals surface area contributed by atoms with Crippen molar-refractivity contribution >= 4 is 33.8 Å². The molecule has 1 aromatic heterocycles. The molecule has 1 aromatic rings. The third-order valence-corrected chi connectivity index (χ3v) is 6.72. The molecule has 4 aliphatic rings. The first-order valence-corrected chi connectivity index (χ1v) is 10.7. The van der Waals surface area contributed by atoms with Gasteiger partial charge in [-0.2, -0.15) is 0 Å². The first kappa shape index (κ1) is 19.3. The molecule has 0 unspecified atom stereocenters. The lowest BCUT2D eigenvalue weighted by Gasteiger charge is -2.56. The molecule has 4 fully saturated rings. The summed E-state index contributed by atoms with van der Waals surface area (Å²) in [6.45, 7) is 0.216. The maximum absolute atomic E-state index is 12.3. The van der Waals surface area contributed by atoms with Gasteiger partial charge in [0.15, 0.2) is 0 Å². The predicted octanol–water partition coefficient (Wildman–Crippen LogP) is 2.20. The fourth-order valence-corrected chi connectivity index (χ4v) is 5.94. The fraction of sp³-hybridized carbons (Fsp3) is 0.632. The average molecular weight is 452 g/mol. The molecule has 5 rings (SSSR count). The van der Waals surface area contributed by atoms with Crippen LogP contribution in [0.1, 0.15) is 55.4 Å². The Morgan fingerprint density at radius 2 is 1.71 bits per heavy atom. The zero-order valence-corrected chi connectivity index (χ0v) is 17.2. The molecule has 0 atom stereocenters. The molecular formula is C19H26BrN5O3. The Hall–Kier alpha value is -2.03. The summed E-state index contributed by atoms with van der Waals surface area (Å²) in [6.07, 6.45) is 8.97. The SMILES string of the molecule is O=C(CCNC(=O)NC12CC3CC(CC(C3)C1)C2)NNC(=O)c1cc(Br)c[nH]1. The number of urea groups is 1. The summed E-state index contributed by atoms with van der Waals surface area (Å²) in [5.74, 6) is 1.49. The van der Waals surface area contributed by atoms with Crippen LogP contribution in [0, 0.1) is 17.8 Å². The highest BCUT2D eigenvalue weighted by atomic mass is 79.9. The van der Waals surface area contributed by atoms with E-state index in [2.05, 4.69) is 42.4 Å². The third kappa shape index (κ3) is 4.34. The molecule has 8 nitrogen and oxygen atoms in total. The Morgan fingerprint density at radius 3 is 2.29 bits per heavy atom. The van der Waals surface area contributed by atoms with E-state index >= 15 is 0 Å². The van der Waals surface area contributed by atoms with Gasteiger partial charge >= 0.3 is 6.03 Å². The monoisotopic (exact) mass is 451 g/mol. The lowest BCUT2D eigenvalue weighted by molar-refractivity contribution is -0.121. The standard InChI is InChI=1S/C19H26BrN5O3/c20-14-6-15(22-10-14)17(27)25-24-16(26)1-2-21-18(28)23-19-7-11-3-12(8-19)5-13(4-11)9-19/h6,10-13,22H,1-5,7-9H2,(H,24,26)(H,25,27)(H2,21,23,28). The number of hydrogen-bond donors (Lipinski definition) is 5. The average Bonchev–Trinajstić information content (AvgIpc) is 3.04. The van der Waals surface area contributed by atoms with Gasteiger partial charge in [-0.15, -0.1) is 0 Å². The summed E-state index contributed by atoms with van der Waals surface area (Å²) in [4.78, 5) is 38.8. The lowest BCUT2D eigenvalue weighted by Crippen LogP contribution is -2.61. The molecule has 1 heterocycles. The largest absolute Gasteiger partial charge is 0.356 e. The Labute approximate surface area is 172 Å². The molecule has 0 aromatic carbocycles. The van der Waals surface area contributed by atoms with Crippen LogP contribution in [0.4, 0.5) is 4.79 Å². The van der Waals surface area contributed by atoms with Crippen molar-refractivity contribution in [2.75, 3.05) is 6.54 Å². The van der Waals surface area contributed by atoms with Gasteiger partial charge in [0, 0.05) is 29.2 Å². The van der Waals surface area contributed by atoms with Crippen molar-refractivity contribution in [1.29, 1.82) is 0 Å². The molecule has 0 saturated heterocycles. The molecule has 4 aliphatic carbocycles. The van der Waals surface area contributed by atoms with Gasteiger partial charge in [0.1, 0.15) is 5.69 Å². The van der Waals surface area contributed by atoms with Crippen molar-refractivity contribution in [3.05, 3.63) is 22.4 Å². The van der Waals surface area contributed by atoms with Crippen LogP contribution in [0.15, 0.2) is 16.7 Å². The summed E-state index contributed by atoms with van der Waals surface area (Å²) >= 11 is 3.24. The van der Waals surface area contributed by atoms with E-state index in [0.717, 1.165) is 41.5 Å². The molecule has 0 aliphatic heterocycles. The second-order valence-electron chi connectivity index (χ2n) is 8.56. The van der Waals surface area contributed by atoms with Gasteiger partial charge in [0.2, 0.25) is 5.91 Å². The van der Waals surface area contributed by atoms with Crippen molar-refractivity contribution in [2.24, 2.45) is 17.8 Å². The summed E-state index contributed by atoms with van der Waals surface area (Å²) < 4.78 is 0.748. The van der Waals surface area contributed by atoms with Gasteiger partial charge in [-0.05, 0) is 78.3 Å². The van der Waals surface area contributed by atoms with Gasteiger partial charge in [-0.25, -0.2) is 4.79 Å². The van der Waals surface area contributed by atoms with Crippen LogP contribution in [0.3, 0.4) is 0 Å². The van der Waals surface area contributed by atoms with Crippen molar-refractivity contribution in [3.63, 3.8) is 0 Å². The van der Waals surface area contributed by atoms with E-state index in [1.54, 1.807) is 12.3 Å². The van der Waals surface area contributed by atoms with Crippen LogP contribution in [0.2, 0.25) is 0 Å². The Bertz CT molecular complexity index is 742. The first-order chi connectivity index (χ1) is 13.4. The van der Waals surface area contributed by atoms with Crippen LogP contribution in [-0.4, -0.2) is 34.9 Å². The molecule has 4 saturated carbocycles. The minimum Gasteiger partial charge on any atom is -0.356 e. The zero-order valence-electron chi connectivity index (χ0n) is 15.6. The Balaban J connectivity index is 1.15. The smallest absolute Gasteiger partial charge is 0.315 e. The van der Waals surface area contributed by atoms with Crippen LogP contribution in [0.5, 0.6) is 0 Å². The Morgan fingerprint density at radius 1 is 1.07 bits per heavy atom. The highest BCUT2D eigenvalue weighted by Crippen LogP contribution is 2.55. The number of rotatable bonds is 5. The fourth-order valence-electron chi connectivity index (χ4n) is 5.59. The highest BCUT2D eigenvalue weighted by molar-refractivity contribution is 9.10. The van der Waals surface area contributed by atoms with E-state index < -0.39 is 5.91 Å². The quantitative estimate of drug-likeness (QED) is 0.441. The maximum Gasteiger partial charge on any atom is 0.315 e. The van der Waals surface area contributed by atoms with Crippen LogP contribution < -0.4 is 21.5 Å². The predicted molar refractivity (Wildman–Crippen MR) is 106 cm³/mol. The van der Waals surface area contributed by atoms with Gasteiger partial charge in [0.05, 0.1) is 0 Å². The number of H-pyrrole nitrogens is 1. The summed E-state index contributed by atoms with van der Waals surface area (Å²) in [5.41, 5.74) is 4.97. The van der Waals surface area contributed by atoms with E-state index in [-0.39, 0.29) is 30.4 Å². The van der Waals surface area contributed by atoms with Gasteiger partial charge in [-0.1, -0.05) is 0 Å². The van der Waals surface area contributed by atoms with Crippen LogP contribution in [-0.2, 0) is 4.79 Å². The van der Waals surface area contributed by atoms with Crippen molar-refractivity contribution in [3.8, 4) is 0 Å². The van der Waals surface area contributed by atoms with Gasteiger partial charge in [0.25, 0.3) is 5.91 Å². The van der Waals surface area contributed by atoms with E-state index in [1.165, 1.54) is 19.3 Å². The second-order valence-corrected chi connectivity index (χ2v) is 9.48. The van der Waals surface area contributed by atoms with Crippen molar-refractivity contribution in [1.82, 2.24) is 26.5 Å². The maximum atomic E-state index is 12.3. The first-order valence-electron chi connectivity index (χ1n) is 9.90. The number of aromatic amines is 1. The van der Waals surface area contributed by atoms with E-state index in [1.807, 2.05) is 0 Å². The molecule has 9 heteroatoms. The normalized spacial score (nSPS) is 30.0. The zero-order chi connectivity index (χ0) is 19.7. The van der Waals surface area contributed by atoms with Crippen LogP contribution in [0.25, 0.3) is 0 Å². The second kappa shape index (κ2) is 7.77. The number of carbonyl (C=O) groups is 3. The van der Waals surface area contributed by atoms with Crippen molar-refractivity contribution < 1.29 is 14.4 Å². The molecular weight excluding hydrogens is 426 g/mol. The summed E-state index contributed by atoms with van der Waals surface area (Å²) in [6, 6.07) is 1.41. The number of hydrazine groups is 1. The minimum absolute atomic E-state index is 0.0423. The molecule has 4 amide bonds. The Kier molecular flexibility index (Phi) is 5.35. The van der Waals surface area contributed by atoms with E-state index in [9.17, 15) is 14.4 Å². The highest BCUT2D eigenvalue weighted by Gasteiger charge is 2.51. The third-order valence-electron chi connectivity index (χ3n) is 6.26. The molecule has 0 spiro atoms. The molecule has 4 bridgehead atoms. The summed E-state index contributed by atoms with van der Waals surface area (Å²) in [5, 5.41) is 5.99. The van der Waals surface area contributed by atoms with E-state index in [0.29, 0.717) is 5.69 Å².